The van der Waals surface area contributed by atoms with Crippen molar-refractivity contribution >= 4 is 17.5 Å². The Hall–Kier alpha value is -2.87. The van der Waals surface area contributed by atoms with Gasteiger partial charge < -0.3 is 10.3 Å². The first kappa shape index (κ1) is 17.0. The van der Waals surface area contributed by atoms with E-state index in [0.29, 0.717) is 0 Å². The highest BCUT2D eigenvalue weighted by atomic mass is 35.5. The fourth-order valence-corrected chi connectivity index (χ4v) is 2.47. The molecule has 2 heterocycles. The SMILES string of the molecule is Cc1nc(-c2c(F)cc(Cl)cc2-c2cnc([CH]C(N)=O)c(F)c2)no1. The Kier molecular flexibility index (Phi) is 4.45. The van der Waals surface area contributed by atoms with Gasteiger partial charge in [0.25, 0.3) is 0 Å². The Balaban J connectivity index is 2.17. The number of carbonyl (C=O) groups is 1. The van der Waals surface area contributed by atoms with Crippen LogP contribution < -0.4 is 5.73 Å². The van der Waals surface area contributed by atoms with Crippen molar-refractivity contribution in [3.63, 3.8) is 0 Å². The van der Waals surface area contributed by atoms with Crippen molar-refractivity contribution in [3.8, 4) is 22.5 Å². The second-order valence-corrected chi connectivity index (χ2v) is 5.52. The average Bonchev–Trinajstić information content (AvgIpc) is 2.94. The van der Waals surface area contributed by atoms with Crippen LogP contribution in [0.4, 0.5) is 8.78 Å². The summed E-state index contributed by atoms with van der Waals surface area (Å²) in [5, 5.41) is 3.79. The summed E-state index contributed by atoms with van der Waals surface area (Å²) in [6.45, 7) is 1.56. The average molecular weight is 364 g/mol. The highest BCUT2D eigenvalue weighted by Crippen LogP contribution is 2.35. The summed E-state index contributed by atoms with van der Waals surface area (Å²) in [5.41, 5.74) is 5.20. The first-order chi connectivity index (χ1) is 11.8. The maximum atomic E-state index is 14.5. The van der Waals surface area contributed by atoms with E-state index in [0.717, 1.165) is 18.6 Å². The van der Waals surface area contributed by atoms with Crippen LogP contribution in [0.5, 0.6) is 0 Å². The summed E-state index contributed by atoms with van der Waals surface area (Å²) in [5.74, 6) is -2.10. The normalized spacial score (nSPS) is 10.9. The molecule has 0 aliphatic heterocycles. The predicted octanol–water partition coefficient (Wildman–Crippen LogP) is 3.08. The lowest BCUT2D eigenvalue weighted by atomic mass is 9.99. The van der Waals surface area contributed by atoms with Crippen LogP contribution in [0, 0.1) is 25.0 Å². The molecule has 25 heavy (non-hydrogen) atoms. The minimum atomic E-state index is -0.837. The topological polar surface area (TPSA) is 94.9 Å². The number of halogens is 3. The molecule has 0 fully saturated rings. The maximum absolute atomic E-state index is 14.5. The third-order valence-corrected chi connectivity index (χ3v) is 3.48. The molecule has 0 spiro atoms. The van der Waals surface area contributed by atoms with Crippen LogP contribution in [0.2, 0.25) is 5.02 Å². The lowest BCUT2D eigenvalue weighted by Gasteiger charge is -2.10. The van der Waals surface area contributed by atoms with E-state index in [4.69, 9.17) is 21.9 Å². The molecule has 0 unspecified atom stereocenters. The molecule has 2 N–H and O–H groups in total. The largest absolute Gasteiger partial charge is 0.369 e. The number of rotatable bonds is 4. The number of aromatic nitrogens is 3. The lowest BCUT2D eigenvalue weighted by molar-refractivity contribution is -0.114. The first-order valence-corrected chi connectivity index (χ1v) is 7.33. The van der Waals surface area contributed by atoms with Crippen molar-refractivity contribution in [2.24, 2.45) is 5.73 Å². The third kappa shape index (κ3) is 3.48. The molecule has 0 bridgehead atoms. The standard InChI is InChI=1S/C16H10ClF2N4O2/c1-7-22-16(23-25-7)15-10(3-9(17)4-12(15)19)8-2-11(18)13(21-6-8)5-14(20)24/h2-6H,1H3,(H2,20,24). The molecule has 0 saturated heterocycles. The van der Waals surface area contributed by atoms with Gasteiger partial charge in [0.1, 0.15) is 18.1 Å². The van der Waals surface area contributed by atoms with E-state index in [9.17, 15) is 13.6 Å². The van der Waals surface area contributed by atoms with Crippen LogP contribution >= 0.6 is 11.6 Å². The molecule has 0 aliphatic rings. The van der Waals surface area contributed by atoms with Crippen LogP contribution in [-0.2, 0) is 4.79 Å². The number of pyridine rings is 1. The zero-order chi connectivity index (χ0) is 18.1. The van der Waals surface area contributed by atoms with Crippen molar-refractivity contribution in [2.45, 2.75) is 6.92 Å². The Morgan fingerprint density at radius 2 is 2.04 bits per heavy atom. The number of nitrogens with zero attached hydrogens (tertiary/aromatic N) is 3. The molecular weight excluding hydrogens is 354 g/mol. The maximum Gasteiger partial charge on any atom is 0.227 e. The molecule has 0 saturated carbocycles. The minimum absolute atomic E-state index is 0.00477. The number of hydrogen-bond donors (Lipinski definition) is 1. The van der Waals surface area contributed by atoms with Gasteiger partial charge in [-0.25, -0.2) is 8.78 Å². The van der Waals surface area contributed by atoms with Gasteiger partial charge >= 0.3 is 0 Å². The fraction of sp³-hybridized carbons (Fsp3) is 0.0625. The number of benzene rings is 1. The molecule has 1 aromatic carbocycles. The zero-order valence-electron chi connectivity index (χ0n) is 12.8. The van der Waals surface area contributed by atoms with E-state index in [1.54, 1.807) is 6.92 Å². The third-order valence-electron chi connectivity index (χ3n) is 3.27. The first-order valence-electron chi connectivity index (χ1n) is 6.95. The Morgan fingerprint density at radius 1 is 1.28 bits per heavy atom. The van der Waals surface area contributed by atoms with E-state index in [2.05, 4.69) is 15.1 Å². The molecule has 3 aromatic rings. The second kappa shape index (κ2) is 6.56. The van der Waals surface area contributed by atoms with E-state index < -0.39 is 17.5 Å². The van der Waals surface area contributed by atoms with E-state index in [1.165, 1.54) is 12.3 Å². The molecule has 3 rings (SSSR count). The van der Waals surface area contributed by atoms with Crippen LogP contribution in [0.15, 0.2) is 28.9 Å². The summed E-state index contributed by atoms with van der Waals surface area (Å²) in [7, 11) is 0. The quantitative estimate of drug-likeness (QED) is 0.768. The molecular formula is C16H10ClF2N4O2. The van der Waals surface area contributed by atoms with Crippen molar-refractivity contribution in [1.82, 2.24) is 15.1 Å². The number of carbonyl (C=O) groups excluding carboxylic acids is 1. The van der Waals surface area contributed by atoms with E-state index in [1.807, 2.05) is 0 Å². The van der Waals surface area contributed by atoms with Crippen LogP contribution in [0.1, 0.15) is 11.6 Å². The van der Waals surface area contributed by atoms with Gasteiger partial charge in [-0.15, -0.1) is 0 Å². The van der Waals surface area contributed by atoms with Crippen LogP contribution in [0.25, 0.3) is 22.5 Å². The van der Waals surface area contributed by atoms with Gasteiger partial charge in [0, 0.05) is 23.7 Å². The fourth-order valence-electron chi connectivity index (χ4n) is 2.27. The Bertz CT molecular complexity index is 975. The molecule has 2 aromatic heterocycles. The zero-order valence-corrected chi connectivity index (χ0v) is 13.5. The summed E-state index contributed by atoms with van der Waals surface area (Å²) >= 11 is 5.92. The van der Waals surface area contributed by atoms with Gasteiger partial charge in [0.05, 0.1) is 11.3 Å². The monoisotopic (exact) mass is 363 g/mol. The van der Waals surface area contributed by atoms with Crippen molar-refractivity contribution < 1.29 is 18.1 Å². The second-order valence-electron chi connectivity index (χ2n) is 5.08. The summed E-state index contributed by atoms with van der Waals surface area (Å²) in [4.78, 5) is 18.7. The molecule has 6 nitrogen and oxygen atoms in total. The highest BCUT2D eigenvalue weighted by molar-refractivity contribution is 6.31. The number of aryl methyl sites for hydroxylation is 1. The van der Waals surface area contributed by atoms with Gasteiger partial charge in [0.2, 0.25) is 17.6 Å². The molecule has 0 atom stereocenters. The van der Waals surface area contributed by atoms with Gasteiger partial charge in [0.15, 0.2) is 0 Å². The minimum Gasteiger partial charge on any atom is -0.369 e. The highest BCUT2D eigenvalue weighted by Gasteiger charge is 2.20. The number of primary amides is 1. The molecule has 1 radical (unpaired) electrons. The van der Waals surface area contributed by atoms with Crippen LogP contribution in [0.3, 0.4) is 0 Å². The number of hydrogen-bond acceptors (Lipinski definition) is 5. The van der Waals surface area contributed by atoms with Gasteiger partial charge in [-0.2, -0.15) is 4.98 Å². The van der Waals surface area contributed by atoms with Gasteiger partial charge in [-0.3, -0.25) is 9.78 Å². The van der Waals surface area contributed by atoms with E-state index >= 15 is 0 Å². The Morgan fingerprint density at radius 3 is 2.64 bits per heavy atom. The summed E-state index contributed by atoms with van der Waals surface area (Å²) in [6, 6.07) is 3.61. The molecule has 9 heteroatoms. The predicted molar refractivity (Wildman–Crippen MR) is 85.2 cm³/mol. The smallest absolute Gasteiger partial charge is 0.227 e. The molecule has 0 aliphatic carbocycles. The number of nitrogens with two attached hydrogens (primary N) is 1. The van der Waals surface area contributed by atoms with Crippen molar-refractivity contribution in [1.29, 1.82) is 0 Å². The van der Waals surface area contributed by atoms with Crippen molar-refractivity contribution in [2.75, 3.05) is 0 Å². The Labute approximate surface area is 145 Å². The lowest BCUT2D eigenvalue weighted by Crippen LogP contribution is -2.13. The van der Waals surface area contributed by atoms with Gasteiger partial charge in [-0.1, -0.05) is 16.8 Å². The number of amides is 1. The molecule has 127 valence electrons. The summed E-state index contributed by atoms with van der Waals surface area (Å²) in [6.07, 6.45) is 2.11. The van der Waals surface area contributed by atoms with Crippen molar-refractivity contribution in [3.05, 3.63) is 59.1 Å². The van der Waals surface area contributed by atoms with Gasteiger partial charge in [-0.05, 0) is 23.8 Å². The summed E-state index contributed by atoms with van der Waals surface area (Å²) < 4.78 is 33.5. The van der Waals surface area contributed by atoms with Crippen LogP contribution in [-0.4, -0.2) is 21.0 Å². The van der Waals surface area contributed by atoms with E-state index in [-0.39, 0.29) is 39.1 Å². The molecule has 1 amide bonds.